The van der Waals surface area contributed by atoms with Crippen LogP contribution in [0.5, 0.6) is 0 Å². The SMILES string of the molecule is CCN(CC)CCSCC(=O)N1CCC(N)CC1. The lowest BCUT2D eigenvalue weighted by Crippen LogP contribution is -2.43. The molecule has 1 aliphatic heterocycles. The first-order valence-electron chi connectivity index (χ1n) is 7.00. The first-order chi connectivity index (χ1) is 8.67. The van der Waals surface area contributed by atoms with Crippen molar-refractivity contribution in [3.8, 4) is 0 Å². The Hall–Kier alpha value is -0.260. The van der Waals surface area contributed by atoms with Crippen LogP contribution < -0.4 is 5.73 Å². The molecular formula is C13H27N3OS. The number of nitrogens with zero attached hydrogens (tertiary/aromatic N) is 2. The van der Waals surface area contributed by atoms with Gasteiger partial charge in [0.1, 0.15) is 0 Å². The van der Waals surface area contributed by atoms with E-state index in [0.717, 1.165) is 51.3 Å². The molecule has 2 N–H and O–H groups in total. The molecule has 0 spiro atoms. The molecule has 1 rings (SSSR count). The largest absolute Gasteiger partial charge is 0.342 e. The first-order valence-corrected chi connectivity index (χ1v) is 8.16. The highest BCUT2D eigenvalue weighted by molar-refractivity contribution is 7.99. The van der Waals surface area contributed by atoms with Crippen LogP contribution in [0.1, 0.15) is 26.7 Å². The van der Waals surface area contributed by atoms with Crippen LogP contribution in [0.3, 0.4) is 0 Å². The van der Waals surface area contributed by atoms with Gasteiger partial charge in [-0.1, -0.05) is 13.8 Å². The van der Waals surface area contributed by atoms with Gasteiger partial charge in [-0.15, -0.1) is 0 Å². The summed E-state index contributed by atoms with van der Waals surface area (Å²) < 4.78 is 0. The Balaban J connectivity index is 2.10. The molecule has 0 radical (unpaired) electrons. The van der Waals surface area contributed by atoms with Crippen LogP contribution in [0.15, 0.2) is 0 Å². The molecule has 0 bridgehead atoms. The summed E-state index contributed by atoms with van der Waals surface area (Å²) in [4.78, 5) is 16.3. The molecule has 18 heavy (non-hydrogen) atoms. The molecule has 4 nitrogen and oxygen atoms in total. The number of nitrogens with two attached hydrogens (primary N) is 1. The molecule has 1 amide bonds. The van der Waals surface area contributed by atoms with Crippen molar-refractivity contribution in [3.63, 3.8) is 0 Å². The Morgan fingerprint density at radius 2 is 1.94 bits per heavy atom. The standard InChI is InChI=1S/C13H27N3OS/c1-3-15(4-2)9-10-18-11-13(17)16-7-5-12(14)6-8-16/h12H,3-11,14H2,1-2H3. The second-order valence-corrected chi connectivity index (χ2v) is 5.90. The van der Waals surface area contributed by atoms with E-state index in [-0.39, 0.29) is 5.91 Å². The zero-order valence-corrected chi connectivity index (χ0v) is 12.5. The maximum atomic E-state index is 11.9. The molecule has 1 saturated heterocycles. The average Bonchev–Trinajstić information content (AvgIpc) is 2.39. The zero-order chi connectivity index (χ0) is 13.4. The van der Waals surface area contributed by atoms with E-state index >= 15 is 0 Å². The minimum Gasteiger partial charge on any atom is -0.342 e. The van der Waals surface area contributed by atoms with Crippen LogP contribution >= 0.6 is 11.8 Å². The normalized spacial score (nSPS) is 17.4. The number of carbonyl (C=O) groups is 1. The number of likely N-dealkylation sites (tertiary alicyclic amines) is 1. The van der Waals surface area contributed by atoms with Crippen LogP contribution in [-0.4, -0.2) is 66.0 Å². The van der Waals surface area contributed by atoms with Crippen molar-refractivity contribution in [3.05, 3.63) is 0 Å². The summed E-state index contributed by atoms with van der Waals surface area (Å²) in [5.41, 5.74) is 5.83. The van der Waals surface area contributed by atoms with Crippen molar-refractivity contribution in [1.82, 2.24) is 9.80 Å². The van der Waals surface area contributed by atoms with Crippen molar-refractivity contribution >= 4 is 17.7 Å². The third-order valence-electron chi connectivity index (χ3n) is 3.56. The zero-order valence-electron chi connectivity index (χ0n) is 11.7. The minimum atomic E-state index is 0.284. The van der Waals surface area contributed by atoms with E-state index in [9.17, 15) is 4.79 Å². The molecule has 1 heterocycles. The van der Waals surface area contributed by atoms with Gasteiger partial charge in [0.05, 0.1) is 5.75 Å². The summed E-state index contributed by atoms with van der Waals surface area (Å²) in [7, 11) is 0. The number of piperidine rings is 1. The fourth-order valence-corrected chi connectivity index (χ4v) is 3.02. The fraction of sp³-hybridized carbons (Fsp3) is 0.923. The molecule has 106 valence electrons. The Morgan fingerprint density at radius 1 is 1.33 bits per heavy atom. The summed E-state index contributed by atoms with van der Waals surface area (Å²) in [5, 5.41) is 0. The molecule has 1 fully saturated rings. The molecule has 0 atom stereocenters. The van der Waals surface area contributed by atoms with Gasteiger partial charge in [-0.3, -0.25) is 4.79 Å². The van der Waals surface area contributed by atoms with Crippen molar-refractivity contribution in [2.45, 2.75) is 32.7 Å². The van der Waals surface area contributed by atoms with Crippen molar-refractivity contribution in [2.75, 3.05) is 44.2 Å². The molecule has 0 unspecified atom stereocenters. The van der Waals surface area contributed by atoms with E-state index in [0.29, 0.717) is 11.8 Å². The van der Waals surface area contributed by atoms with Gasteiger partial charge in [-0.25, -0.2) is 0 Å². The quantitative estimate of drug-likeness (QED) is 0.703. The fourth-order valence-electron chi connectivity index (χ4n) is 2.13. The van der Waals surface area contributed by atoms with Gasteiger partial charge in [0.15, 0.2) is 0 Å². The second-order valence-electron chi connectivity index (χ2n) is 4.80. The van der Waals surface area contributed by atoms with E-state index in [1.807, 2.05) is 4.90 Å². The van der Waals surface area contributed by atoms with Gasteiger partial charge < -0.3 is 15.5 Å². The molecule has 1 aliphatic rings. The summed E-state index contributed by atoms with van der Waals surface area (Å²) in [6.07, 6.45) is 1.91. The smallest absolute Gasteiger partial charge is 0.232 e. The lowest BCUT2D eigenvalue weighted by Gasteiger charge is -2.30. The Labute approximate surface area is 115 Å². The van der Waals surface area contributed by atoms with Crippen LogP contribution in [0.2, 0.25) is 0 Å². The minimum absolute atomic E-state index is 0.284. The summed E-state index contributed by atoms with van der Waals surface area (Å²) >= 11 is 1.75. The van der Waals surface area contributed by atoms with E-state index < -0.39 is 0 Å². The van der Waals surface area contributed by atoms with E-state index in [1.165, 1.54) is 0 Å². The lowest BCUT2D eigenvalue weighted by molar-refractivity contribution is -0.129. The molecule has 0 aliphatic carbocycles. The van der Waals surface area contributed by atoms with Gasteiger partial charge in [-0.2, -0.15) is 11.8 Å². The number of carbonyl (C=O) groups excluding carboxylic acids is 1. The number of rotatable bonds is 7. The number of thioether (sulfide) groups is 1. The third kappa shape index (κ3) is 5.59. The van der Waals surface area contributed by atoms with Gasteiger partial charge in [0.25, 0.3) is 0 Å². The summed E-state index contributed by atoms with van der Waals surface area (Å²) in [6, 6.07) is 0.296. The maximum Gasteiger partial charge on any atom is 0.232 e. The predicted octanol–water partition coefficient (Wildman–Crippen LogP) is 1.01. The Kier molecular flexibility index (Phi) is 7.70. The number of amides is 1. The highest BCUT2D eigenvalue weighted by atomic mass is 32.2. The van der Waals surface area contributed by atoms with Gasteiger partial charge >= 0.3 is 0 Å². The van der Waals surface area contributed by atoms with Crippen LogP contribution in [-0.2, 0) is 4.79 Å². The van der Waals surface area contributed by atoms with Crippen molar-refractivity contribution in [1.29, 1.82) is 0 Å². The third-order valence-corrected chi connectivity index (χ3v) is 4.49. The van der Waals surface area contributed by atoms with Gasteiger partial charge in [-0.05, 0) is 25.9 Å². The highest BCUT2D eigenvalue weighted by Crippen LogP contribution is 2.11. The Bertz CT molecular complexity index is 238. The Morgan fingerprint density at radius 3 is 2.50 bits per heavy atom. The molecule has 0 saturated carbocycles. The monoisotopic (exact) mass is 273 g/mol. The molecule has 0 aromatic heterocycles. The van der Waals surface area contributed by atoms with Crippen molar-refractivity contribution < 1.29 is 4.79 Å². The lowest BCUT2D eigenvalue weighted by atomic mass is 10.1. The molecular weight excluding hydrogens is 246 g/mol. The van der Waals surface area contributed by atoms with Crippen molar-refractivity contribution in [2.24, 2.45) is 5.73 Å². The van der Waals surface area contributed by atoms with Gasteiger partial charge in [0, 0.05) is 31.4 Å². The first kappa shape index (κ1) is 15.8. The maximum absolute atomic E-state index is 11.9. The van der Waals surface area contributed by atoms with E-state index in [4.69, 9.17) is 5.73 Å². The predicted molar refractivity (Wildman–Crippen MR) is 78.9 cm³/mol. The van der Waals surface area contributed by atoms with Crippen LogP contribution in [0, 0.1) is 0 Å². The summed E-state index contributed by atoms with van der Waals surface area (Å²) in [6.45, 7) is 9.31. The summed E-state index contributed by atoms with van der Waals surface area (Å²) in [5.74, 6) is 1.95. The average molecular weight is 273 g/mol. The van der Waals surface area contributed by atoms with Gasteiger partial charge in [0.2, 0.25) is 5.91 Å². The number of hydrogen-bond acceptors (Lipinski definition) is 4. The highest BCUT2D eigenvalue weighted by Gasteiger charge is 2.20. The van der Waals surface area contributed by atoms with E-state index in [1.54, 1.807) is 11.8 Å². The molecule has 0 aromatic rings. The number of hydrogen-bond donors (Lipinski definition) is 1. The van der Waals surface area contributed by atoms with Crippen LogP contribution in [0.25, 0.3) is 0 Å². The molecule has 0 aromatic carbocycles. The molecule has 5 heteroatoms. The van der Waals surface area contributed by atoms with Crippen LogP contribution in [0.4, 0.5) is 0 Å². The topological polar surface area (TPSA) is 49.6 Å². The van der Waals surface area contributed by atoms with E-state index in [2.05, 4.69) is 18.7 Å². The second kappa shape index (κ2) is 8.77.